The van der Waals surface area contributed by atoms with Gasteiger partial charge in [0.15, 0.2) is 5.76 Å². The second-order valence-electron chi connectivity index (χ2n) is 6.78. The predicted molar refractivity (Wildman–Crippen MR) is 91.2 cm³/mol. The molecule has 2 heterocycles. The largest absolute Gasteiger partial charge is 0.481 e. The number of carbonyl (C=O) groups excluding carboxylic acids is 1. The first-order chi connectivity index (χ1) is 11.4. The number of rotatable bonds is 4. The molecule has 5 nitrogen and oxygen atoms in total. The Morgan fingerprint density at radius 2 is 2.00 bits per heavy atom. The Kier molecular flexibility index (Phi) is 4.60. The highest BCUT2D eigenvalue weighted by atomic mass is 16.4. The van der Waals surface area contributed by atoms with Crippen LogP contribution in [0.2, 0.25) is 0 Å². The van der Waals surface area contributed by atoms with E-state index in [4.69, 9.17) is 9.52 Å². The number of piperidine rings is 1. The lowest BCUT2D eigenvalue weighted by atomic mass is 9.93. The maximum absolute atomic E-state index is 12.7. The molecule has 1 N–H and O–H groups in total. The van der Waals surface area contributed by atoms with Crippen LogP contribution in [0.3, 0.4) is 0 Å². The first kappa shape index (κ1) is 16.6. The number of carboxylic acids is 1. The molecule has 1 aromatic carbocycles. The van der Waals surface area contributed by atoms with E-state index in [1.54, 1.807) is 4.90 Å². The van der Waals surface area contributed by atoms with Gasteiger partial charge < -0.3 is 14.4 Å². The summed E-state index contributed by atoms with van der Waals surface area (Å²) in [5.74, 6) is -0.246. The monoisotopic (exact) mass is 329 g/mol. The summed E-state index contributed by atoms with van der Waals surface area (Å²) in [5.41, 5.74) is 3.05. The quantitative estimate of drug-likeness (QED) is 0.927. The molecule has 0 unspecified atom stereocenters. The Morgan fingerprint density at radius 3 is 2.75 bits per heavy atom. The van der Waals surface area contributed by atoms with Crippen molar-refractivity contribution >= 4 is 22.8 Å². The summed E-state index contributed by atoms with van der Waals surface area (Å²) >= 11 is 0. The lowest BCUT2D eigenvalue weighted by Crippen LogP contribution is -2.39. The van der Waals surface area contributed by atoms with Gasteiger partial charge in [-0.25, -0.2) is 0 Å². The lowest BCUT2D eigenvalue weighted by Gasteiger charge is -2.32. The van der Waals surface area contributed by atoms with E-state index in [2.05, 4.69) is 0 Å². The fraction of sp³-hybridized carbons (Fsp3) is 0.474. The van der Waals surface area contributed by atoms with Crippen molar-refractivity contribution in [2.75, 3.05) is 13.1 Å². The van der Waals surface area contributed by atoms with Crippen LogP contribution in [0, 0.1) is 19.8 Å². The van der Waals surface area contributed by atoms with E-state index in [0.717, 1.165) is 29.4 Å². The number of furan rings is 1. The number of likely N-dealkylation sites (tertiary alicyclic amines) is 1. The van der Waals surface area contributed by atoms with Crippen LogP contribution in [-0.2, 0) is 4.79 Å². The highest BCUT2D eigenvalue weighted by Gasteiger charge is 2.26. The molecular formula is C19H23NO4. The van der Waals surface area contributed by atoms with Crippen molar-refractivity contribution in [1.29, 1.82) is 0 Å². The third-order valence-electron chi connectivity index (χ3n) is 4.92. The minimum absolute atomic E-state index is 0.0958. The maximum Gasteiger partial charge on any atom is 0.303 e. The van der Waals surface area contributed by atoms with Crippen molar-refractivity contribution in [2.24, 2.45) is 5.92 Å². The first-order valence-corrected chi connectivity index (χ1v) is 8.46. The Balaban J connectivity index is 1.74. The number of hydrogen-bond donors (Lipinski definition) is 1. The molecule has 0 radical (unpaired) electrons. The van der Waals surface area contributed by atoms with Crippen LogP contribution in [0.1, 0.15) is 47.4 Å². The van der Waals surface area contributed by atoms with Crippen molar-refractivity contribution in [2.45, 2.75) is 39.5 Å². The van der Waals surface area contributed by atoms with Gasteiger partial charge in [0.1, 0.15) is 5.58 Å². The third-order valence-corrected chi connectivity index (χ3v) is 4.92. The van der Waals surface area contributed by atoms with Crippen LogP contribution in [-0.4, -0.2) is 35.0 Å². The molecule has 24 heavy (non-hydrogen) atoms. The van der Waals surface area contributed by atoms with Crippen LogP contribution >= 0.6 is 0 Å². The number of fused-ring (bicyclic) bond motifs is 1. The summed E-state index contributed by atoms with van der Waals surface area (Å²) < 4.78 is 5.77. The molecule has 1 amide bonds. The second kappa shape index (κ2) is 6.67. The normalized spacial score (nSPS) is 18.1. The van der Waals surface area contributed by atoms with Gasteiger partial charge in [-0.05, 0) is 68.4 Å². The van der Waals surface area contributed by atoms with Gasteiger partial charge in [-0.15, -0.1) is 0 Å². The molecule has 1 fully saturated rings. The molecule has 128 valence electrons. The SMILES string of the molecule is Cc1cc2cc(C(=O)N3CCC[C@H](CCC(=O)O)C3)oc2cc1C. The molecular weight excluding hydrogens is 306 g/mol. The fourth-order valence-corrected chi connectivity index (χ4v) is 3.38. The molecule has 0 aliphatic carbocycles. The minimum atomic E-state index is -0.776. The molecule has 1 atom stereocenters. The Labute approximate surface area is 141 Å². The predicted octanol–water partition coefficient (Wildman–Crippen LogP) is 3.77. The molecule has 0 saturated carbocycles. The van der Waals surface area contributed by atoms with Crippen LogP contribution in [0.15, 0.2) is 22.6 Å². The van der Waals surface area contributed by atoms with Gasteiger partial charge in [-0.2, -0.15) is 0 Å². The van der Waals surface area contributed by atoms with Gasteiger partial charge in [0.05, 0.1) is 0 Å². The lowest BCUT2D eigenvalue weighted by molar-refractivity contribution is -0.137. The summed E-state index contributed by atoms with van der Waals surface area (Å²) in [6, 6.07) is 5.81. The van der Waals surface area contributed by atoms with E-state index in [1.807, 2.05) is 32.0 Å². The zero-order chi connectivity index (χ0) is 17.3. The van der Waals surface area contributed by atoms with Gasteiger partial charge in [0, 0.05) is 24.9 Å². The summed E-state index contributed by atoms with van der Waals surface area (Å²) in [6.07, 6.45) is 2.68. The standard InChI is InChI=1S/C19H23NO4/c1-12-8-15-10-17(24-16(15)9-13(12)2)19(23)20-7-3-4-14(11-20)5-6-18(21)22/h8-10,14H,3-7,11H2,1-2H3,(H,21,22)/t14-/m1/s1. The van der Waals surface area contributed by atoms with E-state index >= 15 is 0 Å². The Bertz CT molecular complexity index is 738. The van der Waals surface area contributed by atoms with Crippen LogP contribution in [0.5, 0.6) is 0 Å². The summed E-state index contributed by atoms with van der Waals surface area (Å²) in [7, 11) is 0. The maximum atomic E-state index is 12.7. The number of carboxylic acid groups (broad SMARTS) is 1. The average Bonchev–Trinajstić information content (AvgIpc) is 2.95. The van der Waals surface area contributed by atoms with Crippen molar-refractivity contribution in [3.63, 3.8) is 0 Å². The molecule has 1 aliphatic heterocycles. The summed E-state index contributed by atoms with van der Waals surface area (Å²) in [5, 5.41) is 9.77. The number of carbonyl (C=O) groups is 2. The van der Waals surface area contributed by atoms with Crippen LogP contribution in [0.4, 0.5) is 0 Å². The molecule has 5 heteroatoms. The first-order valence-electron chi connectivity index (χ1n) is 8.46. The molecule has 1 aliphatic rings. The fourth-order valence-electron chi connectivity index (χ4n) is 3.38. The highest BCUT2D eigenvalue weighted by Crippen LogP contribution is 2.26. The number of nitrogens with zero attached hydrogens (tertiary/aromatic N) is 1. The number of aryl methyl sites for hydroxylation is 2. The van der Waals surface area contributed by atoms with Crippen LogP contribution in [0.25, 0.3) is 11.0 Å². The summed E-state index contributed by atoms with van der Waals surface area (Å²) in [4.78, 5) is 25.3. The van der Waals surface area contributed by atoms with Gasteiger partial charge in [0.2, 0.25) is 0 Å². The topological polar surface area (TPSA) is 70.8 Å². The Morgan fingerprint density at radius 1 is 1.25 bits per heavy atom. The third kappa shape index (κ3) is 3.45. The molecule has 0 spiro atoms. The van der Waals surface area contributed by atoms with Crippen molar-refractivity contribution in [1.82, 2.24) is 4.90 Å². The molecule has 2 aromatic rings. The van der Waals surface area contributed by atoms with Crippen LogP contribution < -0.4 is 0 Å². The summed E-state index contributed by atoms with van der Waals surface area (Å²) in [6.45, 7) is 5.39. The minimum Gasteiger partial charge on any atom is -0.481 e. The molecule has 3 rings (SSSR count). The van der Waals surface area contributed by atoms with Gasteiger partial charge in [0.25, 0.3) is 5.91 Å². The number of aliphatic carboxylic acids is 1. The van der Waals surface area contributed by atoms with Gasteiger partial charge in [-0.3, -0.25) is 9.59 Å². The van der Waals surface area contributed by atoms with E-state index in [1.165, 1.54) is 5.56 Å². The van der Waals surface area contributed by atoms with E-state index in [0.29, 0.717) is 25.3 Å². The highest BCUT2D eigenvalue weighted by molar-refractivity contribution is 5.96. The molecule has 0 bridgehead atoms. The number of amides is 1. The smallest absolute Gasteiger partial charge is 0.303 e. The molecule has 1 saturated heterocycles. The van der Waals surface area contributed by atoms with Gasteiger partial charge in [-0.1, -0.05) is 0 Å². The number of hydrogen-bond acceptors (Lipinski definition) is 3. The molecule has 1 aromatic heterocycles. The Hall–Kier alpha value is -2.30. The zero-order valence-corrected chi connectivity index (χ0v) is 14.2. The number of benzene rings is 1. The average molecular weight is 329 g/mol. The van der Waals surface area contributed by atoms with Crippen molar-refractivity contribution in [3.05, 3.63) is 35.1 Å². The van der Waals surface area contributed by atoms with Crippen molar-refractivity contribution < 1.29 is 19.1 Å². The van der Waals surface area contributed by atoms with Crippen molar-refractivity contribution in [3.8, 4) is 0 Å². The van der Waals surface area contributed by atoms with Gasteiger partial charge >= 0.3 is 5.97 Å². The second-order valence-corrected chi connectivity index (χ2v) is 6.78. The zero-order valence-electron chi connectivity index (χ0n) is 14.2. The van der Waals surface area contributed by atoms with E-state index < -0.39 is 5.97 Å². The van der Waals surface area contributed by atoms with E-state index in [-0.39, 0.29) is 18.2 Å². The van der Waals surface area contributed by atoms with E-state index in [9.17, 15) is 9.59 Å².